The molecule has 2 aromatic heterocycles. The molecule has 2 heterocycles. The van der Waals surface area contributed by atoms with Gasteiger partial charge in [0.1, 0.15) is 29.4 Å². The van der Waals surface area contributed by atoms with Gasteiger partial charge < -0.3 is 14.9 Å². The second kappa shape index (κ2) is 5.36. The molecule has 7 heteroatoms. The molecule has 0 unspecified atom stereocenters. The van der Waals surface area contributed by atoms with Crippen LogP contribution in [-0.2, 0) is 6.61 Å². The number of benzene rings is 1. The van der Waals surface area contributed by atoms with Gasteiger partial charge in [-0.2, -0.15) is 0 Å². The number of nitrogens with zero attached hydrogens (tertiary/aromatic N) is 2. The zero-order valence-corrected chi connectivity index (χ0v) is 11.2. The van der Waals surface area contributed by atoms with E-state index in [2.05, 4.69) is 4.98 Å². The van der Waals surface area contributed by atoms with Crippen molar-refractivity contribution in [3.8, 4) is 11.5 Å². The van der Waals surface area contributed by atoms with Crippen LogP contribution in [-0.4, -0.2) is 25.6 Å². The first kappa shape index (κ1) is 13.9. The van der Waals surface area contributed by atoms with E-state index in [-0.39, 0.29) is 29.4 Å². The zero-order valence-electron chi connectivity index (χ0n) is 11.2. The molecule has 0 atom stereocenters. The van der Waals surface area contributed by atoms with Gasteiger partial charge in [0, 0.05) is 6.20 Å². The van der Waals surface area contributed by atoms with Crippen molar-refractivity contribution in [2.45, 2.75) is 6.61 Å². The molecule has 0 saturated carbocycles. The highest BCUT2D eigenvalue weighted by Crippen LogP contribution is 2.24. The molecule has 0 saturated heterocycles. The van der Waals surface area contributed by atoms with E-state index in [0.717, 1.165) is 0 Å². The Balaban J connectivity index is 1.95. The summed E-state index contributed by atoms with van der Waals surface area (Å²) in [5.41, 5.74) is -0.150. The van der Waals surface area contributed by atoms with Gasteiger partial charge in [-0.1, -0.05) is 0 Å². The Morgan fingerprint density at radius 3 is 2.68 bits per heavy atom. The number of aromatic nitrogens is 2. The number of aromatic hydroxyl groups is 1. The van der Waals surface area contributed by atoms with Crippen molar-refractivity contribution in [3.63, 3.8) is 0 Å². The Hall–Kier alpha value is -3.09. The second-order valence-electron chi connectivity index (χ2n) is 4.54. The number of aromatic carboxylic acids is 1. The molecular formula is C15H11FN2O4. The summed E-state index contributed by atoms with van der Waals surface area (Å²) in [7, 11) is 0. The number of pyridine rings is 1. The summed E-state index contributed by atoms with van der Waals surface area (Å²) in [5.74, 6) is -1.06. The third-order valence-electron chi connectivity index (χ3n) is 3.10. The molecule has 0 aliphatic carbocycles. The molecular weight excluding hydrogens is 291 g/mol. The highest BCUT2D eigenvalue weighted by Gasteiger charge is 2.19. The maximum absolute atomic E-state index is 12.8. The number of carboxylic acids is 1. The van der Waals surface area contributed by atoms with Crippen LogP contribution in [0.1, 0.15) is 16.3 Å². The van der Waals surface area contributed by atoms with Crippen LogP contribution in [0.2, 0.25) is 0 Å². The lowest BCUT2D eigenvalue weighted by Gasteiger charge is -2.05. The SMILES string of the molecule is O=C(O)c1nc(COc2ccc(F)cc2)n2cccc(O)c12. The minimum absolute atomic E-state index is 0.0243. The zero-order chi connectivity index (χ0) is 15.7. The molecule has 0 spiro atoms. The number of carboxylic acid groups (broad SMARTS) is 1. The smallest absolute Gasteiger partial charge is 0.356 e. The van der Waals surface area contributed by atoms with Gasteiger partial charge in [0.15, 0.2) is 11.5 Å². The molecule has 22 heavy (non-hydrogen) atoms. The van der Waals surface area contributed by atoms with Crippen LogP contribution in [0.15, 0.2) is 42.6 Å². The minimum atomic E-state index is -1.24. The molecule has 1 aromatic carbocycles. The van der Waals surface area contributed by atoms with Gasteiger partial charge in [0.25, 0.3) is 0 Å². The maximum Gasteiger partial charge on any atom is 0.356 e. The minimum Gasteiger partial charge on any atom is -0.506 e. The van der Waals surface area contributed by atoms with Crippen LogP contribution in [0.5, 0.6) is 11.5 Å². The van der Waals surface area contributed by atoms with Gasteiger partial charge in [-0.3, -0.25) is 4.40 Å². The summed E-state index contributed by atoms with van der Waals surface area (Å²) in [5, 5.41) is 19.0. The summed E-state index contributed by atoms with van der Waals surface area (Å²) >= 11 is 0. The molecule has 0 fully saturated rings. The largest absolute Gasteiger partial charge is 0.506 e. The van der Waals surface area contributed by atoms with Gasteiger partial charge in [-0.15, -0.1) is 0 Å². The maximum atomic E-state index is 12.8. The van der Waals surface area contributed by atoms with Crippen molar-refractivity contribution in [2.75, 3.05) is 0 Å². The van der Waals surface area contributed by atoms with E-state index >= 15 is 0 Å². The molecule has 0 amide bonds. The molecule has 0 radical (unpaired) electrons. The molecule has 112 valence electrons. The Labute approximate surface area is 124 Å². The first-order chi connectivity index (χ1) is 10.6. The van der Waals surface area contributed by atoms with E-state index in [1.54, 1.807) is 12.3 Å². The first-order valence-electron chi connectivity index (χ1n) is 6.37. The Bertz CT molecular complexity index is 843. The predicted molar refractivity (Wildman–Crippen MR) is 74.5 cm³/mol. The Kier molecular flexibility index (Phi) is 3.38. The Morgan fingerprint density at radius 1 is 1.27 bits per heavy atom. The van der Waals surface area contributed by atoms with Crippen LogP contribution in [0, 0.1) is 5.82 Å². The number of halogens is 1. The number of rotatable bonds is 4. The average molecular weight is 302 g/mol. The standard InChI is InChI=1S/C15H11FN2O4/c16-9-3-5-10(6-4-9)22-8-12-17-13(15(20)21)14-11(19)2-1-7-18(12)14/h1-7,19H,8H2,(H,20,21). The van der Waals surface area contributed by atoms with Gasteiger partial charge in [-0.05, 0) is 36.4 Å². The van der Waals surface area contributed by atoms with Crippen molar-refractivity contribution in [1.29, 1.82) is 0 Å². The van der Waals surface area contributed by atoms with E-state index in [9.17, 15) is 14.3 Å². The number of hydrogen-bond donors (Lipinski definition) is 2. The third kappa shape index (κ3) is 2.44. The molecule has 0 aliphatic rings. The number of ether oxygens (including phenoxy) is 1. The average Bonchev–Trinajstić information content (AvgIpc) is 2.87. The highest BCUT2D eigenvalue weighted by molar-refractivity contribution is 5.95. The normalized spacial score (nSPS) is 10.8. The van der Waals surface area contributed by atoms with E-state index in [1.807, 2.05) is 0 Å². The van der Waals surface area contributed by atoms with Crippen molar-refractivity contribution in [3.05, 3.63) is 59.9 Å². The van der Waals surface area contributed by atoms with Crippen molar-refractivity contribution < 1.29 is 24.1 Å². The van der Waals surface area contributed by atoms with Crippen LogP contribution in [0.3, 0.4) is 0 Å². The summed E-state index contributed by atoms with van der Waals surface area (Å²) < 4.78 is 19.7. The van der Waals surface area contributed by atoms with E-state index in [4.69, 9.17) is 9.84 Å². The number of carbonyl (C=O) groups is 1. The van der Waals surface area contributed by atoms with Crippen molar-refractivity contribution in [1.82, 2.24) is 9.38 Å². The second-order valence-corrected chi connectivity index (χ2v) is 4.54. The molecule has 3 aromatic rings. The molecule has 6 nitrogen and oxygen atoms in total. The van der Waals surface area contributed by atoms with Gasteiger partial charge in [0.05, 0.1) is 0 Å². The van der Waals surface area contributed by atoms with Crippen molar-refractivity contribution >= 4 is 11.5 Å². The van der Waals surface area contributed by atoms with Crippen LogP contribution < -0.4 is 4.74 Å². The fourth-order valence-electron chi connectivity index (χ4n) is 2.11. The topological polar surface area (TPSA) is 84.1 Å². The highest BCUT2D eigenvalue weighted by atomic mass is 19.1. The fraction of sp³-hybridized carbons (Fsp3) is 0.0667. The van der Waals surface area contributed by atoms with Crippen LogP contribution >= 0.6 is 0 Å². The number of hydrogen-bond acceptors (Lipinski definition) is 4. The lowest BCUT2D eigenvalue weighted by Crippen LogP contribution is -2.01. The molecule has 0 bridgehead atoms. The van der Waals surface area contributed by atoms with Gasteiger partial charge in [-0.25, -0.2) is 14.2 Å². The summed E-state index contributed by atoms with van der Waals surface area (Å²) in [6.07, 6.45) is 1.58. The summed E-state index contributed by atoms with van der Waals surface area (Å²) in [4.78, 5) is 15.2. The van der Waals surface area contributed by atoms with Crippen LogP contribution in [0.25, 0.3) is 5.52 Å². The third-order valence-corrected chi connectivity index (χ3v) is 3.10. The summed E-state index contributed by atoms with van der Waals surface area (Å²) in [6.45, 7) is -0.0243. The van der Waals surface area contributed by atoms with E-state index in [0.29, 0.717) is 11.6 Å². The number of fused-ring (bicyclic) bond motifs is 1. The molecule has 0 aliphatic heterocycles. The quantitative estimate of drug-likeness (QED) is 0.773. The van der Waals surface area contributed by atoms with E-state index < -0.39 is 5.97 Å². The number of imidazole rings is 1. The predicted octanol–water partition coefficient (Wildman–Crippen LogP) is 2.46. The van der Waals surface area contributed by atoms with Crippen molar-refractivity contribution in [2.24, 2.45) is 0 Å². The fourth-order valence-corrected chi connectivity index (χ4v) is 2.11. The monoisotopic (exact) mass is 302 g/mol. The van der Waals surface area contributed by atoms with Gasteiger partial charge in [0.2, 0.25) is 0 Å². The Morgan fingerprint density at radius 2 is 2.00 bits per heavy atom. The lowest BCUT2D eigenvalue weighted by molar-refractivity contribution is 0.0692. The summed E-state index contributed by atoms with van der Waals surface area (Å²) in [6, 6.07) is 8.38. The van der Waals surface area contributed by atoms with Crippen LogP contribution in [0.4, 0.5) is 4.39 Å². The lowest BCUT2D eigenvalue weighted by atomic mass is 10.3. The molecule has 3 rings (SSSR count). The molecule has 2 N–H and O–H groups in total. The van der Waals surface area contributed by atoms with Gasteiger partial charge >= 0.3 is 5.97 Å². The van der Waals surface area contributed by atoms with E-state index in [1.165, 1.54) is 34.7 Å². The first-order valence-corrected chi connectivity index (χ1v) is 6.37.